The third-order valence-corrected chi connectivity index (χ3v) is 5.23. The maximum absolute atomic E-state index is 12.7. The first-order valence-electron chi connectivity index (χ1n) is 7.30. The van der Waals surface area contributed by atoms with E-state index in [1.807, 2.05) is 0 Å². The van der Waals surface area contributed by atoms with E-state index >= 15 is 0 Å². The first kappa shape index (κ1) is 17.8. The Hall–Kier alpha value is -2.02. The zero-order chi connectivity index (χ0) is 18.0. The molecule has 0 aliphatic heterocycles. The molecule has 1 amide bonds. The molecule has 0 atom stereocenters. The Morgan fingerprint density at radius 3 is 2.72 bits per heavy atom. The van der Waals surface area contributed by atoms with Gasteiger partial charge in [0, 0.05) is 9.92 Å². The summed E-state index contributed by atoms with van der Waals surface area (Å²) in [5, 5.41) is 1.56. The van der Waals surface area contributed by atoms with Gasteiger partial charge >= 0.3 is 0 Å². The highest BCUT2D eigenvalue weighted by Crippen LogP contribution is 2.31. The molecule has 0 radical (unpaired) electrons. The highest BCUT2D eigenvalue weighted by molar-refractivity contribution is 7.98. The van der Waals surface area contributed by atoms with E-state index in [4.69, 9.17) is 28.9 Å². The highest BCUT2D eigenvalue weighted by Gasteiger charge is 2.13. The van der Waals surface area contributed by atoms with Crippen molar-refractivity contribution < 1.29 is 4.79 Å². The molecule has 1 aromatic heterocycles. The Labute approximate surface area is 157 Å². The van der Waals surface area contributed by atoms with Gasteiger partial charge in [-0.15, -0.1) is 11.8 Å². The predicted octanol–water partition coefficient (Wildman–Crippen LogP) is 3.48. The van der Waals surface area contributed by atoms with Crippen LogP contribution in [0.3, 0.4) is 0 Å². The quantitative estimate of drug-likeness (QED) is 0.672. The zero-order valence-corrected chi connectivity index (χ0v) is 15.2. The SMILES string of the molecule is NC(=O)Cn1c(CSc2cc(Cl)ccc2Cl)nc2ccccc2c1=O. The van der Waals surface area contributed by atoms with Gasteiger partial charge in [0.15, 0.2) is 0 Å². The van der Waals surface area contributed by atoms with Gasteiger partial charge in [-0.2, -0.15) is 0 Å². The Balaban J connectivity index is 2.03. The van der Waals surface area contributed by atoms with Gasteiger partial charge in [-0.25, -0.2) is 4.98 Å². The van der Waals surface area contributed by atoms with Gasteiger partial charge in [0.05, 0.1) is 21.7 Å². The average Bonchev–Trinajstić information content (AvgIpc) is 2.58. The number of amides is 1. The summed E-state index contributed by atoms with van der Waals surface area (Å²) in [5.41, 5.74) is 5.56. The summed E-state index contributed by atoms with van der Waals surface area (Å²) in [6.07, 6.45) is 0. The van der Waals surface area contributed by atoms with Crippen molar-refractivity contribution in [2.75, 3.05) is 0 Å². The summed E-state index contributed by atoms with van der Waals surface area (Å²) >= 11 is 13.6. The number of hydrogen-bond acceptors (Lipinski definition) is 4. The van der Waals surface area contributed by atoms with Crippen molar-refractivity contribution in [3.8, 4) is 0 Å². The monoisotopic (exact) mass is 393 g/mol. The van der Waals surface area contributed by atoms with E-state index in [1.165, 1.54) is 16.3 Å². The van der Waals surface area contributed by atoms with Crippen LogP contribution < -0.4 is 11.3 Å². The number of para-hydroxylation sites is 1. The fourth-order valence-corrected chi connectivity index (χ4v) is 3.81. The van der Waals surface area contributed by atoms with Crippen LogP contribution in [0.15, 0.2) is 52.2 Å². The maximum Gasteiger partial charge on any atom is 0.261 e. The number of hydrogen-bond donors (Lipinski definition) is 1. The van der Waals surface area contributed by atoms with Crippen LogP contribution in [0.5, 0.6) is 0 Å². The molecule has 5 nitrogen and oxygen atoms in total. The van der Waals surface area contributed by atoms with Gasteiger partial charge in [-0.1, -0.05) is 35.3 Å². The number of carbonyl (C=O) groups is 1. The summed E-state index contributed by atoms with van der Waals surface area (Å²) in [5.74, 6) is 0.183. The van der Waals surface area contributed by atoms with Crippen molar-refractivity contribution in [2.24, 2.45) is 5.73 Å². The summed E-state index contributed by atoms with van der Waals surface area (Å²) in [6, 6.07) is 12.1. The third kappa shape index (κ3) is 3.98. The second-order valence-corrected chi connectivity index (χ2v) is 7.13. The van der Waals surface area contributed by atoms with E-state index in [1.54, 1.807) is 42.5 Å². The van der Waals surface area contributed by atoms with Gasteiger partial charge in [0.25, 0.3) is 5.56 Å². The minimum absolute atomic E-state index is 0.226. The predicted molar refractivity (Wildman–Crippen MR) is 101 cm³/mol. The minimum Gasteiger partial charge on any atom is -0.368 e. The topological polar surface area (TPSA) is 78.0 Å². The summed E-state index contributed by atoms with van der Waals surface area (Å²) < 4.78 is 1.30. The molecule has 0 aliphatic carbocycles. The fourth-order valence-electron chi connectivity index (χ4n) is 2.37. The number of thioether (sulfide) groups is 1. The summed E-state index contributed by atoms with van der Waals surface area (Å²) in [6.45, 7) is -0.226. The van der Waals surface area contributed by atoms with Crippen LogP contribution in [-0.4, -0.2) is 15.5 Å². The number of halogens is 2. The van der Waals surface area contributed by atoms with Crippen molar-refractivity contribution >= 4 is 51.8 Å². The van der Waals surface area contributed by atoms with E-state index in [2.05, 4.69) is 4.98 Å². The number of nitrogens with two attached hydrogens (primary N) is 1. The molecule has 0 saturated carbocycles. The largest absolute Gasteiger partial charge is 0.368 e. The molecule has 2 N–H and O–H groups in total. The lowest BCUT2D eigenvalue weighted by Gasteiger charge is -2.12. The lowest BCUT2D eigenvalue weighted by molar-refractivity contribution is -0.118. The molecule has 0 aliphatic rings. The molecule has 2 aromatic carbocycles. The molecule has 25 heavy (non-hydrogen) atoms. The fraction of sp³-hybridized carbons (Fsp3) is 0.118. The number of fused-ring (bicyclic) bond motifs is 1. The number of aromatic nitrogens is 2. The van der Waals surface area contributed by atoms with Crippen LogP contribution in [0.4, 0.5) is 0 Å². The Morgan fingerprint density at radius 2 is 1.96 bits per heavy atom. The normalized spacial score (nSPS) is 11.0. The minimum atomic E-state index is -0.605. The molecule has 128 valence electrons. The Bertz CT molecular complexity index is 1020. The lowest BCUT2D eigenvalue weighted by Crippen LogP contribution is -2.31. The van der Waals surface area contributed by atoms with E-state index in [-0.39, 0.29) is 12.1 Å². The molecule has 1 heterocycles. The average molecular weight is 394 g/mol. The molecule has 3 rings (SSSR count). The third-order valence-electron chi connectivity index (χ3n) is 3.50. The second kappa shape index (κ2) is 7.47. The second-order valence-electron chi connectivity index (χ2n) is 5.27. The van der Waals surface area contributed by atoms with Crippen molar-refractivity contribution in [1.29, 1.82) is 0 Å². The summed E-state index contributed by atoms with van der Waals surface area (Å²) in [7, 11) is 0. The number of carbonyl (C=O) groups excluding carboxylic acids is 1. The number of rotatable bonds is 5. The van der Waals surface area contributed by atoms with Crippen LogP contribution in [0.25, 0.3) is 10.9 Å². The number of benzene rings is 2. The van der Waals surface area contributed by atoms with Gasteiger partial charge in [0.1, 0.15) is 12.4 Å². The van der Waals surface area contributed by atoms with Gasteiger partial charge in [-0.05, 0) is 30.3 Å². The Kier molecular flexibility index (Phi) is 5.32. The van der Waals surface area contributed by atoms with E-state index in [0.717, 1.165) is 4.90 Å². The molecule has 0 unspecified atom stereocenters. The van der Waals surface area contributed by atoms with Crippen molar-refractivity contribution in [3.05, 3.63) is 68.7 Å². The van der Waals surface area contributed by atoms with E-state index < -0.39 is 5.91 Å². The first-order valence-corrected chi connectivity index (χ1v) is 9.04. The van der Waals surface area contributed by atoms with Crippen LogP contribution in [0, 0.1) is 0 Å². The molecule has 0 spiro atoms. The van der Waals surface area contributed by atoms with Crippen molar-refractivity contribution in [3.63, 3.8) is 0 Å². The van der Waals surface area contributed by atoms with Crippen molar-refractivity contribution in [1.82, 2.24) is 9.55 Å². The lowest BCUT2D eigenvalue weighted by atomic mass is 10.2. The van der Waals surface area contributed by atoms with E-state index in [0.29, 0.717) is 32.5 Å². The summed E-state index contributed by atoms with van der Waals surface area (Å²) in [4.78, 5) is 29.3. The zero-order valence-electron chi connectivity index (χ0n) is 12.9. The molecule has 3 aromatic rings. The maximum atomic E-state index is 12.7. The number of primary amides is 1. The smallest absolute Gasteiger partial charge is 0.261 e. The van der Waals surface area contributed by atoms with Crippen molar-refractivity contribution in [2.45, 2.75) is 17.2 Å². The number of nitrogens with zero attached hydrogens (tertiary/aromatic N) is 2. The van der Waals surface area contributed by atoms with Crippen LogP contribution in [0.2, 0.25) is 10.0 Å². The molecular weight excluding hydrogens is 381 g/mol. The highest BCUT2D eigenvalue weighted by atomic mass is 35.5. The molecule has 0 saturated heterocycles. The standard InChI is InChI=1S/C17H13Cl2N3O2S/c18-10-5-6-12(19)14(7-10)25-9-16-21-13-4-2-1-3-11(13)17(24)22(16)8-15(20)23/h1-7H,8-9H2,(H2,20,23). The molecule has 0 bridgehead atoms. The van der Waals surface area contributed by atoms with Crippen LogP contribution in [-0.2, 0) is 17.1 Å². The first-order chi connectivity index (χ1) is 12.0. The van der Waals surface area contributed by atoms with Gasteiger partial charge in [-0.3, -0.25) is 14.2 Å². The Morgan fingerprint density at radius 1 is 1.20 bits per heavy atom. The van der Waals surface area contributed by atoms with Crippen LogP contribution >= 0.6 is 35.0 Å². The molecule has 8 heteroatoms. The van der Waals surface area contributed by atoms with Gasteiger partial charge in [0.2, 0.25) is 5.91 Å². The van der Waals surface area contributed by atoms with Gasteiger partial charge < -0.3 is 5.73 Å². The molecule has 0 fully saturated rings. The van der Waals surface area contributed by atoms with E-state index in [9.17, 15) is 9.59 Å². The molecular formula is C17H13Cl2N3O2S. The van der Waals surface area contributed by atoms with Crippen LogP contribution in [0.1, 0.15) is 5.82 Å².